The minimum absolute atomic E-state index is 0.178. The third-order valence-corrected chi connectivity index (χ3v) is 7.60. The molecular weight excluding hydrogens is 498 g/mol. The number of anilines is 1. The van der Waals surface area contributed by atoms with E-state index in [4.69, 9.17) is 0 Å². The van der Waals surface area contributed by atoms with E-state index in [-0.39, 0.29) is 36.3 Å². The minimum atomic E-state index is -1.20. The van der Waals surface area contributed by atoms with E-state index >= 15 is 0 Å². The quantitative estimate of drug-likeness (QED) is 0.450. The number of fused-ring (bicyclic) bond motifs is 3. The molecule has 0 saturated carbocycles. The zero-order chi connectivity index (χ0) is 27.9. The summed E-state index contributed by atoms with van der Waals surface area (Å²) in [5.41, 5.74) is 1.11. The summed E-state index contributed by atoms with van der Waals surface area (Å²) in [4.78, 5) is 59.5. The van der Waals surface area contributed by atoms with Crippen molar-refractivity contribution in [2.24, 2.45) is 5.41 Å². The van der Waals surface area contributed by atoms with Gasteiger partial charge in [0.15, 0.2) is 0 Å². The maximum atomic E-state index is 13.8. The number of hydrogen-bond acceptors (Lipinski definition) is 4. The van der Waals surface area contributed by atoms with Crippen LogP contribution in [-0.4, -0.2) is 81.5 Å². The molecule has 0 aliphatic carbocycles. The molecule has 3 N–H and O–H groups in total. The molecule has 10 nitrogen and oxygen atoms in total. The Balaban J connectivity index is 1.25. The van der Waals surface area contributed by atoms with Crippen LogP contribution in [0.2, 0.25) is 0 Å². The van der Waals surface area contributed by atoms with Gasteiger partial charge < -0.3 is 25.2 Å². The van der Waals surface area contributed by atoms with Gasteiger partial charge in [-0.25, -0.2) is 4.79 Å². The maximum Gasteiger partial charge on any atom is 0.412 e. The number of H-pyrrole nitrogens is 1. The average Bonchev–Trinajstić information content (AvgIpc) is 3.63. The molecule has 4 amide bonds. The first-order valence-corrected chi connectivity index (χ1v) is 13.1. The van der Waals surface area contributed by atoms with Crippen molar-refractivity contribution in [3.8, 4) is 0 Å². The van der Waals surface area contributed by atoms with Gasteiger partial charge in [-0.15, -0.1) is 0 Å². The van der Waals surface area contributed by atoms with Gasteiger partial charge in [-0.2, -0.15) is 0 Å². The van der Waals surface area contributed by atoms with Gasteiger partial charge in [-0.05, 0) is 36.1 Å². The van der Waals surface area contributed by atoms with E-state index < -0.39 is 17.6 Å². The largest absolute Gasteiger partial charge is 0.465 e. The Morgan fingerprint density at radius 1 is 1.00 bits per heavy atom. The molecule has 3 aromatic rings. The molecule has 3 heterocycles. The second kappa shape index (κ2) is 10.1. The van der Waals surface area contributed by atoms with Crippen molar-refractivity contribution in [3.05, 3.63) is 66.4 Å². The van der Waals surface area contributed by atoms with Gasteiger partial charge in [0.1, 0.15) is 18.3 Å². The minimum Gasteiger partial charge on any atom is -0.465 e. The molecule has 10 heteroatoms. The van der Waals surface area contributed by atoms with E-state index in [9.17, 15) is 24.3 Å². The van der Waals surface area contributed by atoms with Crippen LogP contribution in [0, 0.1) is 5.41 Å². The standard InChI is InChI=1S/C29H33N5O5/c1-29(2,3)25(31-26(36)23-13-18-9-7-8-12-22(18)30-23)27(37)33-16-20-14-21(33)15-32(20)24(35)17-34(28(38)39)19-10-5-4-6-11-19/h4-13,20-21,25,30H,14-17H2,1-3H3,(H,31,36)(H,38,39). The second-order valence-corrected chi connectivity index (χ2v) is 11.3. The zero-order valence-electron chi connectivity index (χ0n) is 22.3. The molecule has 2 fully saturated rings. The number of rotatable bonds is 6. The molecule has 204 valence electrons. The Bertz CT molecular complexity index is 1380. The summed E-state index contributed by atoms with van der Waals surface area (Å²) >= 11 is 0. The van der Waals surface area contributed by atoms with Crippen molar-refractivity contribution in [1.29, 1.82) is 0 Å². The molecule has 3 atom stereocenters. The lowest BCUT2D eigenvalue weighted by Crippen LogP contribution is -2.59. The van der Waals surface area contributed by atoms with Gasteiger partial charge >= 0.3 is 6.09 Å². The van der Waals surface area contributed by atoms with Gasteiger partial charge in [-0.3, -0.25) is 19.3 Å². The van der Waals surface area contributed by atoms with Gasteiger partial charge in [0, 0.05) is 29.7 Å². The van der Waals surface area contributed by atoms with Crippen LogP contribution < -0.4 is 10.2 Å². The summed E-state index contributed by atoms with van der Waals surface area (Å²) in [6, 6.07) is 16.7. The fraction of sp³-hybridized carbons (Fsp3) is 0.379. The molecule has 2 aromatic carbocycles. The SMILES string of the molecule is CC(C)(C)C(NC(=O)c1cc2ccccc2[nH]1)C(=O)N1CC2CC1CN2C(=O)CN(C(=O)O)c1ccccc1. The van der Waals surface area contributed by atoms with Crippen molar-refractivity contribution in [2.45, 2.75) is 45.3 Å². The number of para-hydroxylation sites is 2. The third-order valence-electron chi connectivity index (χ3n) is 7.60. The summed E-state index contributed by atoms with van der Waals surface area (Å²) in [6.45, 7) is 6.13. The molecule has 0 spiro atoms. The van der Waals surface area contributed by atoms with E-state index in [1.165, 1.54) is 0 Å². The predicted octanol–water partition coefficient (Wildman–Crippen LogP) is 3.31. The fourth-order valence-corrected chi connectivity index (χ4v) is 5.56. The predicted molar refractivity (Wildman–Crippen MR) is 146 cm³/mol. The number of amides is 4. The third kappa shape index (κ3) is 5.19. The highest BCUT2D eigenvalue weighted by Crippen LogP contribution is 2.33. The number of aromatic amines is 1. The topological polar surface area (TPSA) is 126 Å². The van der Waals surface area contributed by atoms with Crippen molar-refractivity contribution < 1.29 is 24.3 Å². The van der Waals surface area contributed by atoms with Gasteiger partial charge in [0.05, 0.1) is 12.1 Å². The number of carbonyl (C=O) groups is 4. The monoisotopic (exact) mass is 531 g/mol. The molecule has 1 aromatic heterocycles. The van der Waals surface area contributed by atoms with E-state index in [0.717, 1.165) is 15.8 Å². The highest BCUT2D eigenvalue weighted by Gasteiger charge is 2.50. The smallest absolute Gasteiger partial charge is 0.412 e. The van der Waals surface area contributed by atoms with Crippen LogP contribution in [0.4, 0.5) is 10.5 Å². The summed E-state index contributed by atoms with van der Waals surface area (Å²) in [5.74, 6) is -0.821. The Kier molecular flexibility index (Phi) is 6.80. The first kappa shape index (κ1) is 26.3. The number of hydrogen-bond donors (Lipinski definition) is 3. The maximum absolute atomic E-state index is 13.8. The molecule has 2 aliphatic rings. The van der Waals surface area contributed by atoms with Crippen molar-refractivity contribution >= 4 is 40.4 Å². The van der Waals surface area contributed by atoms with Crippen LogP contribution in [-0.2, 0) is 9.59 Å². The first-order valence-electron chi connectivity index (χ1n) is 13.1. The van der Waals surface area contributed by atoms with E-state index in [1.807, 2.05) is 45.0 Å². The number of carboxylic acid groups (broad SMARTS) is 1. The number of piperazine rings is 1. The second-order valence-electron chi connectivity index (χ2n) is 11.3. The molecule has 2 bridgehead atoms. The van der Waals surface area contributed by atoms with E-state index in [0.29, 0.717) is 30.9 Å². The molecular formula is C29H33N5O5. The lowest BCUT2D eigenvalue weighted by Gasteiger charge is -2.39. The van der Waals surface area contributed by atoms with Crippen LogP contribution >= 0.6 is 0 Å². The van der Waals surface area contributed by atoms with Crippen molar-refractivity contribution in [1.82, 2.24) is 20.1 Å². The molecule has 2 aliphatic heterocycles. The lowest BCUT2D eigenvalue weighted by molar-refractivity contribution is -0.142. The molecule has 0 radical (unpaired) electrons. The summed E-state index contributed by atoms with van der Waals surface area (Å²) < 4.78 is 0. The lowest BCUT2D eigenvalue weighted by atomic mass is 9.85. The van der Waals surface area contributed by atoms with E-state index in [1.54, 1.807) is 46.2 Å². The van der Waals surface area contributed by atoms with Crippen LogP contribution in [0.25, 0.3) is 10.9 Å². The Morgan fingerprint density at radius 2 is 1.64 bits per heavy atom. The molecule has 3 unspecified atom stereocenters. The average molecular weight is 532 g/mol. The number of nitrogens with zero attached hydrogens (tertiary/aromatic N) is 3. The summed E-state index contributed by atoms with van der Waals surface area (Å²) in [5, 5.41) is 13.5. The number of carbonyl (C=O) groups excluding carboxylic acids is 3. The first-order chi connectivity index (χ1) is 18.5. The molecule has 39 heavy (non-hydrogen) atoms. The number of nitrogens with one attached hydrogen (secondary N) is 2. The van der Waals surface area contributed by atoms with Gasteiger partial charge in [0.2, 0.25) is 11.8 Å². The normalized spacial score (nSPS) is 19.3. The Labute approximate surface area is 226 Å². The number of benzene rings is 2. The summed E-state index contributed by atoms with van der Waals surface area (Å²) in [7, 11) is 0. The Morgan fingerprint density at radius 3 is 2.26 bits per heavy atom. The number of aromatic nitrogens is 1. The van der Waals surface area contributed by atoms with Crippen LogP contribution in [0.15, 0.2) is 60.7 Å². The molecule has 2 saturated heterocycles. The van der Waals surface area contributed by atoms with Crippen molar-refractivity contribution in [2.75, 3.05) is 24.5 Å². The van der Waals surface area contributed by atoms with Gasteiger partial charge in [-0.1, -0.05) is 57.2 Å². The molecule has 5 rings (SSSR count). The highest BCUT2D eigenvalue weighted by molar-refractivity contribution is 6.00. The van der Waals surface area contributed by atoms with Gasteiger partial charge in [0.25, 0.3) is 5.91 Å². The van der Waals surface area contributed by atoms with E-state index in [2.05, 4.69) is 10.3 Å². The zero-order valence-corrected chi connectivity index (χ0v) is 22.3. The number of likely N-dealkylation sites (tertiary alicyclic amines) is 2. The van der Waals surface area contributed by atoms with Crippen molar-refractivity contribution in [3.63, 3.8) is 0 Å². The summed E-state index contributed by atoms with van der Waals surface area (Å²) in [6.07, 6.45) is -0.572. The highest BCUT2D eigenvalue weighted by atomic mass is 16.4. The van der Waals surface area contributed by atoms with Crippen LogP contribution in [0.5, 0.6) is 0 Å². The van der Waals surface area contributed by atoms with Crippen LogP contribution in [0.3, 0.4) is 0 Å². The Hall–Kier alpha value is -4.34. The fourth-order valence-electron chi connectivity index (χ4n) is 5.56. The van der Waals surface area contributed by atoms with Crippen LogP contribution in [0.1, 0.15) is 37.7 Å².